The van der Waals surface area contributed by atoms with Gasteiger partial charge in [-0.2, -0.15) is 26.3 Å². The molecule has 0 amide bonds. The Balaban J connectivity index is 2.38. The van der Waals surface area contributed by atoms with Gasteiger partial charge in [0.1, 0.15) is 5.56 Å². The van der Waals surface area contributed by atoms with Crippen LogP contribution in [0.15, 0.2) is 18.2 Å². The second-order valence-electron chi connectivity index (χ2n) is 5.16. The van der Waals surface area contributed by atoms with E-state index in [0.717, 1.165) is 11.0 Å². The molecule has 0 spiro atoms. The van der Waals surface area contributed by atoms with E-state index in [-0.39, 0.29) is 12.2 Å². The van der Waals surface area contributed by atoms with Crippen molar-refractivity contribution in [3.63, 3.8) is 0 Å². The summed E-state index contributed by atoms with van der Waals surface area (Å²) in [6.45, 7) is -1.27. The minimum atomic E-state index is -5.03. The number of hydrogen-bond acceptors (Lipinski definition) is 4. The fraction of sp³-hybridized carbons (Fsp3) is 0.500. The van der Waals surface area contributed by atoms with Gasteiger partial charge >= 0.3 is 12.4 Å². The van der Waals surface area contributed by atoms with Gasteiger partial charge in [-0.1, -0.05) is 0 Å². The molecule has 1 saturated heterocycles. The highest BCUT2D eigenvalue weighted by Gasteiger charge is 2.57. The van der Waals surface area contributed by atoms with E-state index < -0.39 is 47.1 Å². The van der Waals surface area contributed by atoms with Crippen LogP contribution in [0.2, 0.25) is 0 Å². The Hall–Kier alpha value is -2.04. The second kappa shape index (κ2) is 5.25. The van der Waals surface area contributed by atoms with Crippen molar-refractivity contribution in [2.45, 2.75) is 24.4 Å². The van der Waals surface area contributed by atoms with Crippen LogP contribution < -0.4 is 4.90 Å². The van der Waals surface area contributed by atoms with Crippen LogP contribution in [0.3, 0.4) is 0 Å². The smallest absolute Gasteiger partial charge is 0.379 e. The van der Waals surface area contributed by atoms with Crippen LogP contribution in [0.1, 0.15) is 12.0 Å². The molecule has 0 bridgehead atoms. The maximum absolute atomic E-state index is 12.9. The van der Waals surface area contributed by atoms with Crippen molar-refractivity contribution < 1.29 is 36.4 Å². The molecule has 0 aliphatic carbocycles. The second-order valence-corrected chi connectivity index (χ2v) is 5.16. The van der Waals surface area contributed by atoms with Gasteiger partial charge in [0.2, 0.25) is 0 Å². The molecule has 2 rings (SSSR count). The molecule has 1 aliphatic rings. The Morgan fingerprint density at radius 2 is 1.83 bits per heavy atom. The predicted molar refractivity (Wildman–Crippen MR) is 65.9 cm³/mol. The molecule has 1 fully saturated rings. The molecule has 1 aromatic rings. The van der Waals surface area contributed by atoms with Crippen LogP contribution in [-0.2, 0) is 6.18 Å². The summed E-state index contributed by atoms with van der Waals surface area (Å²) >= 11 is 0. The first-order valence-corrected chi connectivity index (χ1v) is 6.25. The van der Waals surface area contributed by atoms with Gasteiger partial charge in [0, 0.05) is 24.7 Å². The average Bonchev–Trinajstić information content (AvgIpc) is 2.80. The van der Waals surface area contributed by atoms with Crippen molar-refractivity contribution in [3.05, 3.63) is 33.9 Å². The van der Waals surface area contributed by atoms with E-state index in [0.29, 0.717) is 12.1 Å². The third-order valence-electron chi connectivity index (χ3n) is 3.62. The normalized spacial score (nSPS) is 22.5. The van der Waals surface area contributed by atoms with Gasteiger partial charge in [0.25, 0.3) is 5.69 Å². The summed E-state index contributed by atoms with van der Waals surface area (Å²) in [5.41, 5.74) is -6.04. The molecule has 1 aliphatic heterocycles. The fourth-order valence-corrected chi connectivity index (χ4v) is 2.35. The SMILES string of the molecule is O=[N+]([O-])c1ccc(N2CCC(O)(C(F)(F)F)C2)cc1C(F)(F)F. The molecule has 1 N–H and O–H groups in total. The number of anilines is 1. The minimum absolute atomic E-state index is 0.275. The molecule has 1 atom stereocenters. The van der Waals surface area contributed by atoms with Gasteiger partial charge in [0.05, 0.1) is 11.5 Å². The van der Waals surface area contributed by atoms with Gasteiger partial charge in [0.15, 0.2) is 5.60 Å². The molecule has 23 heavy (non-hydrogen) atoms. The molecule has 0 radical (unpaired) electrons. The fourth-order valence-electron chi connectivity index (χ4n) is 2.35. The third kappa shape index (κ3) is 3.19. The van der Waals surface area contributed by atoms with E-state index >= 15 is 0 Å². The Morgan fingerprint density at radius 1 is 1.22 bits per heavy atom. The molecule has 1 heterocycles. The van der Waals surface area contributed by atoms with Crippen LogP contribution >= 0.6 is 0 Å². The van der Waals surface area contributed by atoms with Crippen LogP contribution in [-0.4, -0.2) is 34.9 Å². The highest BCUT2D eigenvalue weighted by atomic mass is 19.4. The summed E-state index contributed by atoms with van der Waals surface area (Å²) in [5.74, 6) is 0. The third-order valence-corrected chi connectivity index (χ3v) is 3.62. The molecule has 5 nitrogen and oxygen atoms in total. The number of β-amino-alcohol motifs (C(OH)–C–C–N with tert-alkyl or cyclic N) is 1. The average molecular weight is 344 g/mol. The standard InChI is InChI=1S/C12H10F6N2O3/c13-11(14,15)8-5-7(1-2-9(8)20(22)23)19-4-3-10(21,6-19)12(16,17)18/h1-2,5,21H,3-4,6H2. The lowest BCUT2D eigenvalue weighted by atomic mass is 10.0. The molecule has 0 aromatic heterocycles. The molecular formula is C12H10F6N2O3. The number of rotatable bonds is 2. The highest BCUT2D eigenvalue weighted by Crippen LogP contribution is 2.42. The largest absolute Gasteiger partial charge is 0.423 e. The zero-order chi connectivity index (χ0) is 17.6. The lowest BCUT2D eigenvalue weighted by molar-refractivity contribution is -0.388. The first-order chi connectivity index (χ1) is 10.3. The number of halogens is 6. The van der Waals surface area contributed by atoms with Gasteiger partial charge in [-0.3, -0.25) is 10.1 Å². The van der Waals surface area contributed by atoms with E-state index in [4.69, 9.17) is 0 Å². The Bertz CT molecular complexity index is 630. The molecule has 128 valence electrons. The Labute approximate surface area is 125 Å². The molecule has 1 aromatic carbocycles. The first-order valence-electron chi connectivity index (χ1n) is 6.25. The summed E-state index contributed by atoms with van der Waals surface area (Å²) in [6.07, 6.45) is -10.7. The number of aliphatic hydroxyl groups is 1. The van der Waals surface area contributed by atoms with Crippen molar-refractivity contribution in [3.8, 4) is 0 Å². The summed E-state index contributed by atoms with van der Waals surface area (Å²) in [7, 11) is 0. The van der Waals surface area contributed by atoms with E-state index in [1.54, 1.807) is 0 Å². The van der Waals surface area contributed by atoms with Crippen molar-refractivity contribution in [2.75, 3.05) is 18.0 Å². The van der Waals surface area contributed by atoms with Gasteiger partial charge in [-0.15, -0.1) is 0 Å². The molecule has 11 heteroatoms. The topological polar surface area (TPSA) is 66.6 Å². The van der Waals surface area contributed by atoms with Crippen molar-refractivity contribution >= 4 is 11.4 Å². The van der Waals surface area contributed by atoms with E-state index in [2.05, 4.69) is 0 Å². The van der Waals surface area contributed by atoms with Crippen LogP contribution in [0, 0.1) is 10.1 Å². The van der Waals surface area contributed by atoms with Crippen LogP contribution in [0.4, 0.5) is 37.7 Å². The summed E-state index contributed by atoms with van der Waals surface area (Å²) in [4.78, 5) is 10.3. The lowest BCUT2D eigenvalue weighted by Gasteiger charge is -2.26. The number of nitrogens with zero attached hydrogens (tertiary/aromatic N) is 2. The molecular weight excluding hydrogens is 334 g/mol. The Morgan fingerprint density at radius 3 is 2.26 bits per heavy atom. The predicted octanol–water partition coefficient (Wildman–Crippen LogP) is 3.12. The summed E-state index contributed by atoms with van der Waals surface area (Å²) in [5, 5.41) is 20.2. The van der Waals surface area contributed by atoms with E-state index in [9.17, 15) is 41.6 Å². The summed E-state index contributed by atoms with van der Waals surface area (Å²) < 4.78 is 76.8. The molecule has 0 saturated carbocycles. The quantitative estimate of drug-likeness (QED) is 0.509. The van der Waals surface area contributed by atoms with Gasteiger partial charge in [-0.05, 0) is 12.1 Å². The highest BCUT2D eigenvalue weighted by molar-refractivity contribution is 5.57. The van der Waals surface area contributed by atoms with E-state index in [1.807, 2.05) is 0 Å². The van der Waals surface area contributed by atoms with Crippen LogP contribution in [0.5, 0.6) is 0 Å². The maximum Gasteiger partial charge on any atom is 0.423 e. The maximum atomic E-state index is 12.9. The zero-order valence-electron chi connectivity index (χ0n) is 11.3. The number of nitro groups is 1. The van der Waals surface area contributed by atoms with E-state index in [1.165, 1.54) is 0 Å². The summed E-state index contributed by atoms with van der Waals surface area (Å²) in [6, 6.07) is 1.93. The van der Waals surface area contributed by atoms with Gasteiger partial charge in [-0.25, -0.2) is 0 Å². The zero-order valence-corrected chi connectivity index (χ0v) is 11.3. The Kier molecular flexibility index (Phi) is 3.95. The number of nitro benzene ring substituents is 1. The molecule has 1 unspecified atom stereocenters. The minimum Gasteiger partial charge on any atom is -0.379 e. The number of alkyl halides is 6. The van der Waals surface area contributed by atoms with Crippen molar-refractivity contribution in [1.82, 2.24) is 0 Å². The van der Waals surface area contributed by atoms with Crippen molar-refractivity contribution in [2.24, 2.45) is 0 Å². The number of benzene rings is 1. The first kappa shape index (κ1) is 17.3. The lowest BCUT2D eigenvalue weighted by Crippen LogP contribution is -2.47. The van der Waals surface area contributed by atoms with Crippen molar-refractivity contribution in [1.29, 1.82) is 0 Å². The monoisotopic (exact) mass is 344 g/mol. The van der Waals surface area contributed by atoms with Crippen LogP contribution in [0.25, 0.3) is 0 Å². The van der Waals surface area contributed by atoms with Gasteiger partial charge < -0.3 is 10.0 Å². The number of hydrogen-bond donors (Lipinski definition) is 1.